The molecule has 0 spiro atoms. The van der Waals surface area contributed by atoms with Gasteiger partial charge in [0.25, 0.3) is 0 Å². The number of hydrogen-bond donors (Lipinski definition) is 1. The zero-order chi connectivity index (χ0) is 14.7. The summed E-state index contributed by atoms with van der Waals surface area (Å²) in [5.74, 6) is 2.84. The molecule has 0 aromatic carbocycles. The highest BCUT2D eigenvalue weighted by atomic mass is 16.5. The first-order valence-electron chi connectivity index (χ1n) is 8.13. The molecule has 0 unspecified atom stereocenters. The third-order valence-corrected chi connectivity index (χ3v) is 6.71. The zero-order valence-electron chi connectivity index (χ0n) is 13.2. The molecular weight excluding hydrogens is 252 g/mol. The summed E-state index contributed by atoms with van der Waals surface area (Å²) >= 11 is 0. The fraction of sp³-hybridized carbons (Fsp3) is 0.941. The summed E-state index contributed by atoms with van der Waals surface area (Å²) in [6.45, 7) is 8.74. The summed E-state index contributed by atoms with van der Waals surface area (Å²) in [5, 5.41) is 11.1. The van der Waals surface area contributed by atoms with E-state index in [0.717, 1.165) is 31.1 Å². The molecule has 0 saturated heterocycles. The predicted molar refractivity (Wildman–Crippen MR) is 77.0 cm³/mol. The Morgan fingerprint density at radius 1 is 1.25 bits per heavy atom. The van der Waals surface area contributed by atoms with Crippen LogP contribution in [-0.4, -0.2) is 23.3 Å². The van der Waals surface area contributed by atoms with Gasteiger partial charge >= 0.3 is 5.97 Å². The van der Waals surface area contributed by atoms with Crippen LogP contribution in [0.1, 0.15) is 53.4 Å². The van der Waals surface area contributed by atoms with Crippen LogP contribution < -0.4 is 0 Å². The molecule has 0 heterocycles. The smallest absolute Gasteiger partial charge is 0.302 e. The van der Waals surface area contributed by atoms with Crippen molar-refractivity contribution in [3.63, 3.8) is 0 Å². The van der Waals surface area contributed by atoms with E-state index in [1.807, 2.05) is 0 Å². The summed E-state index contributed by atoms with van der Waals surface area (Å²) in [5.41, 5.74) is -0.338. The molecule has 3 aliphatic carbocycles. The third-order valence-electron chi connectivity index (χ3n) is 6.71. The number of carbonyl (C=O) groups excluding carboxylic acids is 1. The topological polar surface area (TPSA) is 46.5 Å². The summed E-state index contributed by atoms with van der Waals surface area (Å²) in [7, 11) is 0. The number of esters is 1. The SMILES string of the molecule is CC(=O)OC[C@@]1(O)CC[C@@H]2[C@H]([C@@H]3[C@H](C)CC[C@H]31)C2(C)C. The van der Waals surface area contributed by atoms with E-state index in [-0.39, 0.29) is 12.6 Å². The minimum atomic E-state index is -0.787. The number of ether oxygens (including phenoxy) is 1. The Morgan fingerprint density at radius 2 is 1.95 bits per heavy atom. The van der Waals surface area contributed by atoms with Crippen LogP contribution in [-0.2, 0) is 9.53 Å². The monoisotopic (exact) mass is 280 g/mol. The average molecular weight is 280 g/mol. The Balaban J connectivity index is 1.84. The van der Waals surface area contributed by atoms with Gasteiger partial charge in [0.1, 0.15) is 12.2 Å². The van der Waals surface area contributed by atoms with Gasteiger partial charge in [0.2, 0.25) is 0 Å². The second-order valence-electron chi connectivity index (χ2n) is 8.11. The summed E-state index contributed by atoms with van der Waals surface area (Å²) < 4.78 is 5.20. The third kappa shape index (κ3) is 2.01. The second-order valence-corrected chi connectivity index (χ2v) is 8.11. The van der Waals surface area contributed by atoms with E-state index in [1.165, 1.54) is 13.3 Å². The molecule has 1 N–H and O–H groups in total. The number of fused-ring (bicyclic) bond motifs is 3. The van der Waals surface area contributed by atoms with E-state index in [9.17, 15) is 9.90 Å². The first-order valence-corrected chi connectivity index (χ1v) is 8.13. The molecule has 0 amide bonds. The Morgan fingerprint density at radius 3 is 2.60 bits per heavy atom. The van der Waals surface area contributed by atoms with Crippen molar-refractivity contribution in [3.05, 3.63) is 0 Å². The lowest BCUT2D eigenvalue weighted by molar-refractivity contribution is -0.155. The number of carbonyl (C=O) groups is 1. The average Bonchev–Trinajstić information content (AvgIpc) is 2.73. The largest absolute Gasteiger partial charge is 0.463 e. The highest BCUT2D eigenvalue weighted by Gasteiger charge is 2.67. The molecule has 3 saturated carbocycles. The number of hydrogen-bond acceptors (Lipinski definition) is 3. The lowest BCUT2D eigenvalue weighted by Gasteiger charge is -2.37. The van der Waals surface area contributed by atoms with Crippen LogP contribution >= 0.6 is 0 Å². The molecule has 20 heavy (non-hydrogen) atoms. The van der Waals surface area contributed by atoms with Crippen molar-refractivity contribution in [2.75, 3.05) is 6.61 Å². The Kier molecular flexibility index (Phi) is 3.20. The normalized spacial score (nSPS) is 49.0. The quantitative estimate of drug-likeness (QED) is 0.791. The standard InChI is InChI=1S/C17H28O3/c1-10-5-6-12-14(10)15-13(16(15,3)4)7-8-17(12,19)9-20-11(2)18/h10,12-15,19H,5-9H2,1-4H3/t10-,12-,13-,14-,15-,17+/m1/s1. The Labute approximate surface area is 122 Å². The second kappa shape index (κ2) is 4.46. The molecule has 3 heteroatoms. The number of aliphatic hydroxyl groups is 1. The number of rotatable bonds is 2. The summed E-state index contributed by atoms with van der Waals surface area (Å²) in [4.78, 5) is 11.1. The summed E-state index contributed by atoms with van der Waals surface area (Å²) in [6, 6.07) is 0. The fourth-order valence-corrected chi connectivity index (χ4v) is 5.55. The fourth-order valence-electron chi connectivity index (χ4n) is 5.55. The maximum Gasteiger partial charge on any atom is 0.302 e. The van der Waals surface area contributed by atoms with Crippen molar-refractivity contribution in [1.82, 2.24) is 0 Å². The van der Waals surface area contributed by atoms with E-state index >= 15 is 0 Å². The first kappa shape index (κ1) is 14.4. The molecule has 0 radical (unpaired) electrons. The van der Waals surface area contributed by atoms with Crippen LogP contribution in [0.15, 0.2) is 0 Å². The molecule has 0 aromatic rings. The van der Waals surface area contributed by atoms with E-state index in [2.05, 4.69) is 20.8 Å². The molecule has 0 aliphatic heterocycles. The van der Waals surface area contributed by atoms with E-state index in [1.54, 1.807) is 0 Å². The van der Waals surface area contributed by atoms with Crippen molar-refractivity contribution in [2.45, 2.75) is 59.0 Å². The Hall–Kier alpha value is -0.570. The molecule has 3 aliphatic rings. The van der Waals surface area contributed by atoms with Gasteiger partial charge in [0.15, 0.2) is 0 Å². The highest BCUT2D eigenvalue weighted by Crippen LogP contribution is 2.71. The van der Waals surface area contributed by atoms with Gasteiger partial charge in [0, 0.05) is 6.92 Å². The van der Waals surface area contributed by atoms with Crippen LogP contribution in [0.25, 0.3) is 0 Å². The van der Waals surface area contributed by atoms with Gasteiger partial charge in [-0.05, 0) is 54.3 Å². The van der Waals surface area contributed by atoms with Crippen molar-refractivity contribution >= 4 is 5.97 Å². The Bertz CT molecular complexity index is 416. The molecule has 0 aromatic heterocycles. The highest BCUT2D eigenvalue weighted by molar-refractivity contribution is 5.65. The van der Waals surface area contributed by atoms with Gasteiger partial charge < -0.3 is 9.84 Å². The van der Waals surface area contributed by atoms with Gasteiger partial charge in [-0.1, -0.05) is 27.2 Å². The van der Waals surface area contributed by atoms with Crippen molar-refractivity contribution in [3.8, 4) is 0 Å². The van der Waals surface area contributed by atoms with Gasteiger partial charge in [-0.2, -0.15) is 0 Å². The van der Waals surface area contributed by atoms with E-state index in [4.69, 9.17) is 4.74 Å². The van der Waals surface area contributed by atoms with E-state index < -0.39 is 5.60 Å². The van der Waals surface area contributed by atoms with Gasteiger partial charge in [0.05, 0.1) is 0 Å². The lowest BCUT2D eigenvalue weighted by atomic mass is 9.74. The lowest BCUT2D eigenvalue weighted by Crippen LogP contribution is -2.45. The molecule has 0 bridgehead atoms. The maximum absolute atomic E-state index is 11.1. The molecular formula is C17H28O3. The van der Waals surface area contributed by atoms with Crippen molar-refractivity contribution < 1.29 is 14.6 Å². The first-order chi connectivity index (χ1) is 9.27. The molecule has 114 valence electrons. The van der Waals surface area contributed by atoms with Crippen molar-refractivity contribution in [1.29, 1.82) is 0 Å². The molecule has 3 fully saturated rings. The van der Waals surface area contributed by atoms with Gasteiger partial charge in [-0.25, -0.2) is 0 Å². The van der Waals surface area contributed by atoms with Crippen LogP contribution in [0, 0.1) is 35.0 Å². The van der Waals surface area contributed by atoms with Crippen LogP contribution in [0.2, 0.25) is 0 Å². The van der Waals surface area contributed by atoms with Gasteiger partial charge in [-0.3, -0.25) is 4.79 Å². The van der Waals surface area contributed by atoms with E-state index in [0.29, 0.717) is 23.2 Å². The van der Waals surface area contributed by atoms with Crippen LogP contribution in [0.4, 0.5) is 0 Å². The van der Waals surface area contributed by atoms with Crippen molar-refractivity contribution in [2.24, 2.45) is 35.0 Å². The van der Waals surface area contributed by atoms with Crippen LogP contribution in [0.3, 0.4) is 0 Å². The minimum absolute atomic E-state index is 0.191. The molecule has 3 nitrogen and oxygen atoms in total. The minimum Gasteiger partial charge on any atom is -0.463 e. The zero-order valence-corrected chi connectivity index (χ0v) is 13.2. The molecule has 6 atom stereocenters. The maximum atomic E-state index is 11.1. The van der Waals surface area contributed by atoms with Gasteiger partial charge in [-0.15, -0.1) is 0 Å². The molecule has 3 rings (SSSR count). The summed E-state index contributed by atoms with van der Waals surface area (Å²) in [6.07, 6.45) is 4.16. The predicted octanol–water partition coefficient (Wildman–Crippen LogP) is 3.01. The van der Waals surface area contributed by atoms with Crippen LogP contribution in [0.5, 0.6) is 0 Å².